The van der Waals surface area contributed by atoms with E-state index < -0.39 is 0 Å². The molecule has 1 heterocycles. The Morgan fingerprint density at radius 3 is 2.39 bits per heavy atom. The van der Waals surface area contributed by atoms with Gasteiger partial charge < -0.3 is 10.6 Å². The van der Waals surface area contributed by atoms with Crippen LogP contribution in [0.25, 0.3) is 0 Å². The van der Waals surface area contributed by atoms with Crippen molar-refractivity contribution >= 4 is 11.5 Å². The molecular formula is C19H31N3O. The maximum absolute atomic E-state index is 12.4. The van der Waals surface area contributed by atoms with E-state index in [1.54, 1.807) is 12.4 Å². The van der Waals surface area contributed by atoms with Crippen molar-refractivity contribution in [3.05, 3.63) is 24.5 Å². The maximum atomic E-state index is 12.4. The van der Waals surface area contributed by atoms with Gasteiger partial charge in [0.1, 0.15) is 0 Å². The van der Waals surface area contributed by atoms with Crippen LogP contribution in [0.3, 0.4) is 0 Å². The van der Waals surface area contributed by atoms with Gasteiger partial charge in [0.25, 0.3) is 0 Å². The standard InChI is InChI=1S/C19H31N3O/c1-14(22-19(2,3)4)15-5-7-16(8-6-15)18(23)13-21-17-9-11-20-12-10-17/h9-12,14-16,22H,5-8,13H2,1-4H3,(H,20,21)/t14-,15-,16-/m1/s1. The maximum Gasteiger partial charge on any atom is 0.154 e. The predicted octanol–water partition coefficient (Wildman–Crippen LogP) is 3.65. The normalized spacial score (nSPS) is 23.3. The second-order valence-electron chi connectivity index (χ2n) is 7.85. The number of anilines is 1. The van der Waals surface area contributed by atoms with E-state index in [4.69, 9.17) is 0 Å². The molecule has 4 nitrogen and oxygen atoms in total. The molecule has 0 aliphatic heterocycles. The number of aromatic nitrogens is 1. The summed E-state index contributed by atoms with van der Waals surface area (Å²) in [5.41, 5.74) is 1.12. The lowest BCUT2D eigenvalue weighted by Gasteiger charge is -2.36. The van der Waals surface area contributed by atoms with Crippen molar-refractivity contribution in [1.29, 1.82) is 0 Å². The van der Waals surface area contributed by atoms with Crippen molar-refractivity contribution in [3.8, 4) is 0 Å². The highest BCUT2D eigenvalue weighted by Crippen LogP contribution is 2.32. The molecule has 0 saturated heterocycles. The van der Waals surface area contributed by atoms with Gasteiger partial charge in [-0.05, 0) is 71.4 Å². The zero-order chi connectivity index (χ0) is 16.9. The van der Waals surface area contributed by atoms with Gasteiger partial charge in [-0.2, -0.15) is 0 Å². The van der Waals surface area contributed by atoms with Gasteiger partial charge >= 0.3 is 0 Å². The first-order valence-corrected chi connectivity index (χ1v) is 8.79. The molecule has 128 valence electrons. The van der Waals surface area contributed by atoms with Crippen molar-refractivity contribution in [2.45, 2.75) is 65.0 Å². The van der Waals surface area contributed by atoms with Gasteiger partial charge in [0.2, 0.25) is 0 Å². The molecule has 1 saturated carbocycles. The fraction of sp³-hybridized carbons (Fsp3) is 0.684. The Balaban J connectivity index is 1.74. The molecule has 0 aromatic carbocycles. The van der Waals surface area contributed by atoms with Gasteiger partial charge in [-0.3, -0.25) is 9.78 Å². The Hall–Kier alpha value is -1.42. The van der Waals surface area contributed by atoms with E-state index >= 15 is 0 Å². The number of carbonyl (C=O) groups excluding carboxylic acids is 1. The summed E-state index contributed by atoms with van der Waals surface area (Å²) in [6.07, 6.45) is 7.82. The molecule has 1 aliphatic carbocycles. The van der Waals surface area contributed by atoms with E-state index in [9.17, 15) is 4.79 Å². The van der Waals surface area contributed by atoms with Gasteiger partial charge in [-0.25, -0.2) is 0 Å². The molecule has 2 rings (SSSR count). The van der Waals surface area contributed by atoms with E-state index in [0.29, 0.717) is 24.3 Å². The minimum absolute atomic E-state index is 0.153. The lowest BCUT2D eigenvalue weighted by Crippen LogP contribution is -2.46. The molecule has 1 fully saturated rings. The van der Waals surface area contributed by atoms with Crippen molar-refractivity contribution in [3.63, 3.8) is 0 Å². The van der Waals surface area contributed by atoms with Crippen LogP contribution >= 0.6 is 0 Å². The molecule has 1 aromatic rings. The average molecular weight is 317 g/mol. The van der Waals surface area contributed by atoms with E-state index in [0.717, 1.165) is 31.4 Å². The third kappa shape index (κ3) is 5.94. The molecule has 2 N–H and O–H groups in total. The third-order valence-corrected chi connectivity index (χ3v) is 4.74. The smallest absolute Gasteiger partial charge is 0.154 e. The van der Waals surface area contributed by atoms with Crippen molar-refractivity contribution in [2.24, 2.45) is 11.8 Å². The first-order chi connectivity index (χ1) is 10.8. The van der Waals surface area contributed by atoms with Crippen LogP contribution in [0.5, 0.6) is 0 Å². The fourth-order valence-electron chi connectivity index (χ4n) is 3.55. The van der Waals surface area contributed by atoms with Crippen LogP contribution in [0, 0.1) is 11.8 Å². The second kappa shape index (κ2) is 7.91. The predicted molar refractivity (Wildman–Crippen MR) is 95.5 cm³/mol. The number of pyridine rings is 1. The van der Waals surface area contributed by atoms with Gasteiger partial charge in [-0.1, -0.05) is 0 Å². The van der Waals surface area contributed by atoms with E-state index in [1.165, 1.54) is 0 Å². The third-order valence-electron chi connectivity index (χ3n) is 4.74. The SMILES string of the molecule is C[C@@H](NC(C)(C)C)[C@H]1CC[C@H](C(=O)CNc2ccncc2)CC1. The molecule has 0 spiro atoms. The summed E-state index contributed by atoms with van der Waals surface area (Å²) in [7, 11) is 0. The molecule has 4 heteroatoms. The summed E-state index contributed by atoms with van der Waals surface area (Å²) < 4.78 is 0. The number of Topliss-reactive ketones (excluding diaryl/α,β-unsaturated/α-hetero) is 1. The lowest BCUT2D eigenvalue weighted by atomic mass is 9.77. The quantitative estimate of drug-likeness (QED) is 0.841. The highest BCUT2D eigenvalue weighted by molar-refractivity contribution is 5.85. The Bertz CT molecular complexity index is 487. The van der Waals surface area contributed by atoms with Crippen LogP contribution in [-0.2, 0) is 4.79 Å². The molecule has 0 radical (unpaired) electrons. The Morgan fingerprint density at radius 1 is 1.22 bits per heavy atom. The number of ketones is 1. The topological polar surface area (TPSA) is 54.0 Å². The summed E-state index contributed by atoms with van der Waals surface area (Å²) in [5, 5.41) is 6.88. The average Bonchev–Trinajstić information content (AvgIpc) is 2.52. The van der Waals surface area contributed by atoms with Crippen molar-refractivity contribution in [1.82, 2.24) is 10.3 Å². The van der Waals surface area contributed by atoms with Crippen LogP contribution in [0.1, 0.15) is 53.4 Å². The largest absolute Gasteiger partial charge is 0.378 e. The van der Waals surface area contributed by atoms with Crippen LogP contribution in [0.4, 0.5) is 5.69 Å². The molecule has 0 unspecified atom stereocenters. The monoisotopic (exact) mass is 317 g/mol. The summed E-state index contributed by atoms with van der Waals surface area (Å²) >= 11 is 0. The first kappa shape index (κ1) is 17.9. The number of nitrogens with one attached hydrogen (secondary N) is 2. The lowest BCUT2D eigenvalue weighted by molar-refractivity contribution is -0.122. The van der Waals surface area contributed by atoms with E-state index in [1.807, 2.05) is 12.1 Å². The highest BCUT2D eigenvalue weighted by Gasteiger charge is 2.29. The number of carbonyl (C=O) groups is 1. The van der Waals surface area contributed by atoms with Gasteiger partial charge in [0.15, 0.2) is 5.78 Å². The minimum Gasteiger partial charge on any atom is -0.378 e. The summed E-state index contributed by atoms with van der Waals surface area (Å²) in [6, 6.07) is 4.30. The van der Waals surface area contributed by atoms with Gasteiger partial charge in [0.05, 0.1) is 6.54 Å². The Labute approximate surface area is 140 Å². The zero-order valence-corrected chi connectivity index (χ0v) is 14.9. The molecule has 23 heavy (non-hydrogen) atoms. The first-order valence-electron chi connectivity index (χ1n) is 8.79. The summed E-state index contributed by atoms with van der Waals surface area (Å²) in [4.78, 5) is 16.4. The molecule has 1 aromatic heterocycles. The number of hydrogen-bond donors (Lipinski definition) is 2. The molecular weight excluding hydrogens is 286 g/mol. The Morgan fingerprint density at radius 2 is 1.83 bits per heavy atom. The Kier molecular flexibility index (Phi) is 6.17. The summed E-state index contributed by atoms with van der Waals surface area (Å²) in [6.45, 7) is 9.34. The van der Waals surface area contributed by atoms with E-state index in [2.05, 4.69) is 43.3 Å². The number of rotatable bonds is 6. The molecule has 0 amide bonds. The van der Waals surface area contributed by atoms with Crippen LogP contribution in [0.15, 0.2) is 24.5 Å². The zero-order valence-electron chi connectivity index (χ0n) is 14.9. The summed E-state index contributed by atoms with van der Waals surface area (Å²) in [5.74, 6) is 1.26. The number of nitrogens with zero attached hydrogens (tertiary/aromatic N) is 1. The van der Waals surface area contributed by atoms with Crippen LogP contribution in [-0.4, -0.2) is 28.9 Å². The van der Waals surface area contributed by atoms with Gasteiger partial charge in [0, 0.05) is 35.6 Å². The van der Waals surface area contributed by atoms with Gasteiger partial charge in [-0.15, -0.1) is 0 Å². The minimum atomic E-state index is 0.153. The van der Waals surface area contributed by atoms with Crippen LogP contribution < -0.4 is 10.6 Å². The van der Waals surface area contributed by atoms with Crippen LogP contribution in [0.2, 0.25) is 0 Å². The molecule has 1 atom stereocenters. The second-order valence-corrected chi connectivity index (χ2v) is 7.85. The number of hydrogen-bond acceptors (Lipinski definition) is 4. The van der Waals surface area contributed by atoms with Crippen molar-refractivity contribution in [2.75, 3.05) is 11.9 Å². The molecule has 0 bridgehead atoms. The fourth-order valence-corrected chi connectivity index (χ4v) is 3.55. The highest BCUT2D eigenvalue weighted by atomic mass is 16.1. The van der Waals surface area contributed by atoms with Crippen molar-refractivity contribution < 1.29 is 4.79 Å². The molecule has 1 aliphatic rings. The van der Waals surface area contributed by atoms with E-state index in [-0.39, 0.29) is 11.5 Å².